The van der Waals surface area contributed by atoms with E-state index in [2.05, 4.69) is 26.6 Å². The zero-order chi connectivity index (χ0) is 9.19. The minimum absolute atomic E-state index is 0.927. The molecule has 1 aromatic carbocycles. The van der Waals surface area contributed by atoms with Crippen LogP contribution in [-0.2, 0) is 0 Å². The molecule has 1 aromatic rings. The quantitative estimate of drug-likeness (QED) is 0.634. The molecule has 1 nitrogen and oxygen atoms in total. The highest BCUT2D eigenvalue weighted by Gasteiger charge is 2.16. The highest BCUT2D eigenvalue weighted by molar-refractivity contribution is 6.70. The van der Waals surface area contributed by atoms with Crippen molar-refractivity contribution in [3.63, 3.8) is 0 Å². The lowest BCUT2D eigenvalue weighted by Crippen LogP contribution is -2.29. The van der Waals surface area contributed by atoms with E-state index in [0.717, 1.165) is 11.3 Å². The molecule has 12 heavy (non-hydrogen) atoms. The average molecular weight is 179 g/mol. The standard InChI is InChI=1S/C10H15OSi/c1-9-7-5-6-8-10(9)11-12(2,3)4/h5-8H,1H2,2-4H3. The van der Waals surface area contributed by atoms with Crippen LogP contribution in [0.25, 0.3) is 0 Å². The highest BCUT2D eigenvalue weighted by atomic mass is 28.4. The predicted molar refractivity (Wildman–Crippen MR) is 54.9 cm³/mol. The molecule has 0 aromatic heterocycles. The van der Waals surface area contributed by atoms with Gasteiger partial charge in [-0.25, -0.2) is 0 Å². The smallest absolute Gasteiger partial charge is 0.242 e. The molecule has 0 aliphatic carbocycles. The van der Waals surface area contributed by atoms with Crippen LogP contribution in [0.2, 0.25) is 19.6 Å². The Morgan fingerprint density at radius 2 is 1.75 bits per heavy atom. The maximum Gasteiger partial charge on any atom is 0.242 e. The molecule has 0 saturated carbocycles. The van der Waals surface area contributed by atoms with Gasteiger partial charge < -0.3 is 4.43 Å². The first kappa shape index (κ1) is 9.33. The summed E-state index contributed by atoms with van der Waals surface area (Å²) in [7, 11) is -1.47. The third-order valence-corrected chi connectivity index (χ3v) is 2.22. The van der Waals surface area contributed by atoms with Gasteiger partial charge in [0.15, 0.2) is 0 Å². The van der Waals surface area contributed by atoms with E-state index in [-0.39, 0.29) is 0 Å². The van der Waals surface area contributed by atoms with Crippen LogP contribution in [0.15, 0.2) is 24.3 Å². The van der Waals surface area contributed by atoms with Crippen molar-refractivity contribution in [1.29, 1.82) is 0 Å². The van der Waals surface area contributed by atoms with E-state index >= 15 is 0 Å². The maximum absolute atomic E-state index is 5.81. The highest BCUT2D eigenvalue weighted by Crippen LogP contribution is 2.19. The number of hydrogen-bond donors (Lipinski definition) is 0. The van der Waals surface area contributed by atoms with Crippen LogP contribution in [0.4, 0.5) is 0 Å². The van der Waals surface area contributed by atoms with E-state index in [1.165, 1.54) is 0 Å². The first-order valence-corrected chi connectivity index (χ1v) is 7.50. The lowest BCUT2D eigenvalue weighted by atomic mass is 10.2. The van der Waals surface area contributed by atoms with Gasteiger partial charge in [0.1, 0.15) is 5.75 Å². The van der Waals surface area contributed by atoms with Gasteiger partial charge in [0.2, 0.25) is 8.32 Å². The molecule has 0 aliphatic heterocycles. The number of hydrogen-bond acceptors (Lipinski definition) is 1. The summed E-state index contributed by atoms with van der Waals surface area (Å²) >= 11 is 0. The van der Waals surface area contributed by atoms with Gasteiger partial charge in [-0.2, -0.15) is 0 Å². The molecule has 0 saturated heterocycles. The molecule has 1 rings (SSSR count). The minimum Gasteiger partial charge on any atom is -0.544 e. The molecule has 2 heteroatoms. The van der Waals surface area contributed by atoms with Crippen molar-refractivity contribution < 1.29 is 4.43 Å². The van der Waals surface area contributed by atoms with Crippen LogP contribution in [0, 0.1) is 6.92 Å². The summed E-state index contributed by atoms with van der Waals surface area (Å²) in [5.74, 6) is 0.927. The van der Waals surface area contributed by atoms with Crippen LogP contribution in [0.3, 0.4) is 0 Å². The Morgan fingerprint density at radius 1 is 1.17 bits per heavy atom. The molecule has 0 fully saturated rings. The van der Waals surface area contributed by atoms with E-state index in [0.29, 0.717) is 0 Å². The fraction of sp³-hybridized carbons (Fsp3) is 0.300. The van der Waals surface area contributed by atoms with Gasteiger partial charge in [-0.15, -0.1) is 0 Å². The summed E-state index contributed by atoms with van der Waals surface area (Å²) in [4.78, 5) is 0. The number of para-hydroxylation sites is 1. The second-order valence-electron chi connectivity index (χ2n) is 3.82. The van der Waals surface area contributed by atoms with Crippen molar-refractivity contribution >= 4 is 8.32 Å². The Balaban J connectivity index is 2.83. The Hall–Kier alpha value is -0.763. The largest absolute Gasteiger partial charge is 0.544 e. The van der Waals surface area contributed by atoms with Crippen LogP contribution >= 0.6 is 0 Å². The van der Waals surface area contributed by atoms with Crippen LogP contribution in [-0.4, -0.2) is 8.32 Å². The van der Waals surface area contributed by atoms with Gasteiger partial charge in [0.05, 0.1) is 0 Å². The van der Waals surface area contributed by atoms with Crippen LogP contribution in [0.5, 0.6) is 5.75 Å². The third-order valence-electron chi connectivity index (χ3n) is 1.39. The van der Waals surface area contributed by atoms with Crippen LogP contribution < -0.4 is 4.43 Å². The van der Waals surface area contributed by atoms with Crippen molar-refractivity contribution in [2.24, 2.45) is 0 Å². The molecule has 1 radical (unpaired) electrons. The first-order valence-electron chi connectivity index (χ1n) is 4.09. The Bertz CT molecular complexity index is 263. The molecule has 0 bridgehead atoms. The third kappa shape index (κ3) is 2.70. The molecule has 0 amide bonds. The van der Waals surface area contributed by atoms with Gasteiger partial charge in [0, 0.05) is 0 Å². The molecule has 0 unspecified atom stereocenters. The zero-order valence-electron chi connectivity index (χ0n) is 7.92. The van der Waals surface area contributed by atoms with Gasteiger partial charge in [-0.3, -0.25) is 0 Å². The number of rotatable bonds is 2. The topological polar surface area (TPSA) is 9.23 Å². The lowest BCUT2D eigenvalue weighted by Gasteiger charge is -2.20. The van der Waals surface area contributed by atoms with Crippen molar-refractivity contribution in [3.8, 4) is 5.75 Å². The van der Waals surface area contributed by atoms with E-state index < -0.39 is 8.32 Å². The van der Waals surface area contributed by atoms with E-state index in [4.69, 9.17) is 4.43 Å². The van der Waals surface area contributed by atoms with E-state index in [1.54, 1.807) is 0 Å². The normalized spacial score (nSPS) is 11.3. The minimum atomic E-state index is -1.47. The maximum atomic E-state index is 5.81. The van der Waals surface area contributed by atoms with E-state index in [9.17, 15) is 0 Å². The Morgan fingerprint density at radius 3 is 2.25 bits per heavy atom. The average Bonchev–Trinajstić information content (AvgIpc) is 1.91. The van der Waals surface area contributed by atoms with Gasteiger partial charge in [-0.05, 0) is 38.2 Å². The lowest BCUT2D eigenvalue weighted by molar-refractivity contribution is 0.555. The Labute approximate surface area is 75.5 Å². The Kier molecular flexibility index (Phi) is 2.57. The second-order valence-corrected chi connectivity index (χ2v) is 8.25. The van der Waals surface area contributed by atoms with Crippen LogP contribution in [0.1, 0.15) is 5.56 Å². The molecule has 65 valence electrons. The molecular formula is C10H15OSi. The first-order chi connectivity index (χ1) is 5.49. The zero-order valence-corrected chi connectivity index (χ0v) is 8.92. The molecule has 0 spiro atoms. The second kappa shape index (κ2) is 3.31. The monoisotopic (exact) mass is 179 g/mol. The summed E-state index contributed by atoms with van der Waals surface area (Å²) in [6.07, 6.45) is 0. The summed E-state index contributed by atoms with van der Waals surface area (Å²) in [5, 5.41) is 0. The number of benzene rings is 1. The fourth-order valence-electron chi connectivity index (χ4n) is 0.933. The summed E-state index contributed by atoms with van der Waals surface area (Å²) < 4.78 is 5.81. The SMILES string of the molecule is [CH2]c1ccccc1O[Si](C)(C)C. The predicted octanol–water partition coefficient (Wildman–Crippen LogP) is 3.08. The molecule has 0 atom stereocenters. The van der Waals surface area contributed by atoms with E-state index in [1.807, 2.05) is 24.3 Å². The fourth-order valence-corrected chi connectivity index (χ4v) is 1.79. The van der Waals surface area contributed by atoms with Crippen molar-refractivity contribution in [3.05, 3.63) is 36.8 Å². The van der Waals surface area contributed by atoms with Crippen molar-refractivity contribution in [2.75, 3.05) is 0 Å². The van der Waals surface area contributed by atoms with Gasteiger partial charge >= 0.3 is 0 Å². The summed E-state index contributed by atoms with van der Waals surface area (Å²) in [6.45, 7) is 10.4. The molecule has 0 heterocycles. The van der Waals surface area contributed by atoms with Crippen molar-refractivity contribution in [1.82, 2.24) is 0 Å². The summed E-state index contributed by atoms with van der Waals surface area (Å²) in [5.41, 5.74) is 0.972. The molecular weight excluding hydrogens is 164 g/mol. The van der Waals surface area contributed by atoms with Crippen molar-refractivity contribution in [2.45, 2.75) is 19.6 Å². The van der Waals surface area contributed by atoms with Gasteiger partial charge in [-0.1, -0.05) is 18.2 Å². The molecule has 0 aliphatic rings. The van der Waals surface area contributed by atoms with Gasteiger partial charge in [0.25, 0.3) is 0 Å². The molecule has 0 N–H and O–H groups in total. The summed E-state index contributed by atoms with van der Waals surface area (Å²) in [6, 6.07) is 7.89.